The quantitative estimate of drug-likeness (QED) is 0.531. The molecule has 0 aliphatic heterocycles. The molecule has 5 aliphatic carbocycles. The summed E-state index contributed by atoms with van der Waals surface area (Å²) in [5.74, 6) is 3.61. The fraction of sp³-hybridized carbons (Fsp3) is 1.00. The highest BCUT2D eigenvalue weighted by molar-refractivity contribution is 5.30. The average Bonchev–Trinajstić information content (AvgIpc) is 3.25. The Balaban J connectivity index is 1.39. The number of aliphatic hydroxyl groups excluding tert-OH is 2. The van der Waals surface area contributed by atoms with E-state index in [1.807, 2.05) is 0 Å². The van der Waals surface area contributed by atoms with Crippen molar-refractivity contribution in [3.05, 3.63) is 0 Å². The SMILES string of the molecule is CC(C)CCCC(C)C1CCC2(C)C3CC(O)C4CC(O)CCC45CC35CCC12C. The van der Waals surface area contributed by atoms with Crippen LogP contribution in [0.15, 0.2) is 0 Å². The van der Waals surface area contributed by atoms with Gasteiger partial charge < -0.3 is 10.2 Å². The molecule has 0 amide bonds. The van der Waals surface area contributed by atoms with Crippen LogP contribution in [0.2, 0.25) is 0 Å². The molecule has 0 radical (unpaired) electrons. The van der Waals surface area contributed by atoms with Crippen molar-refractivity contribution >= 4 is 0 Å². The molecule has 0 heterocycles. The minimum absolute atomic E-state index is 0.170. The van der Waals surface area contributed by atoms with Crippen LogP contribution in [-0.2, 0) is 0 Å². The fourth-order valence-electron chi connectivity index (χ4n) is 10.6. The van der Waals surface area contributed by atoms with E-state index in [0.717, 1.165) is 37.0 Å². The summed E-state index contributed by atoms with van der Waals surface area (Å²) < 4.78 is 0. The molecule has 0 aromatic rings. The maximum Gasteiger partial charge on any atom is 0.0577 e. The molecule has 5 fully saturated rings. The molecule has 2 spiro atoms. The molecule has 0 aromatic carbocycles. The van der Waals surface area contributed by atoms with E-state index >= 15 is 0 Å². The van der Waals surface area contributed by atoms with Crippen molar-refractivity contribution in [2.75, 3.05) is 0 Å². The number of hydrogen-bond donors (Lipinski definition) is 2. The zero-order valence-electron chi connectivity index (χ0n) is 20.4. The summed E-state index contributed by atoms with van der Waals surface area (Å²) in [6, 6.07) is 0. The van der Waals surface area contributed by atoms with Crippen LogP contribution in [0.4, 0.5) is 0 Å². The van der Waals surface area contributed by atoms with Gasteiger partial charge in [-0.05, 0) is 109 Å². The molecule has 10 atom stereocenters. The van der Waals surface area contributed by atoms with Crippen molar-refractivity contribution in [2.24, 2.45) is 51.2 Å². The van der Waals surface area contributed by atoms with Gasteiger partial charge in [-0.2, -0.15) is 0 Å². The number of aliphatic hydroxyl groups is 2. The molecule has 5 rings (SSSR count). The monoisotopic (exact) mass is 416 g/mol. The first-order valence-corrected chi connectivity index (χ1v) is 13.5. The van der Waals surface area contributed by atoms with Gasteiger partial charge in [0, 0.05) is 0 Å². The maximum absolute atomic E-state index is 11.3. The van der Waals surface area contributed by atoms with Crippen LogP contribution in [0.25, 0.3) is 0 Å². The molecular formula is C28H48O2. The Bertz CT molecular complexity index is 674. The molecule has 30 heavy (non-hydrogen) atoms. The van der Waals surface area contributed by atoms with Crippen molar-refractivity contribution < 1.29 is 10.2 Å². The molecule has 172 valence electrons. The van der Waals surface area contributed by atoms with Crippen molar-refractivity contribution in [1.29, 1.82) is 0 Å². The lowest BCUT2D eigenvalue weighted by molar-refractivity contribution is -0.164. The second-order valence-electron chi connectivity index (χ2n) is 13.7. The van der Waals surface area contributed by atoms with Crippen LogP contribution in [0, 0.1) is 51.2 Å². The Morgan fingerprint density at radius 2 is 1.60 bits per heavy atom. The molecule has 5 saturated carbocycles. The molecule has 0 saturated heterocycles. The highest BCUT2D eigenvalue weighted by atomic mass is 16.3. The van der Waals surface area contributed by atoms with E-state index < -0.39 is 0 Å². The first-order valence-electron chi connectivity index (χ1n) is 13.5. The first-order chi connectivity index (χ1) is 14.1. The van der Waals surface area contributed by atoms with Crippen molar-refractivity contribution in [1.82, 2.24) is 0 Å². The Hall–Kier alpha value is -0.0800. The number of fused-ring (bicyclic) bond motifs is 2. The molecular weight excluding hydrogens is 368 g/mol. The largest absolute Gasteiger partial charge is 0.393 e. The third-order valence-electron chi connectivity index (χ3n) is 12.4. The molecule has 2 N–H and O–H groups in total. The van der Waals surface area contributed by atoms with Gasteiger partial charge in [0.2, 0.25) is 0 Å². The number of rotatable bonds is 5. The standard InChI is InChI=1S/C28H48O2/c1-18(2)7-6-8-19(3)21-10-11-26(5)24-16-23(30)22-15-20(29)9-12-27(22)17-28(24,27)14-13-25(21,26)4/h18-24,29-30H,6-17H2,1-5H3. The van der Waals surface area contributed by atoms with E-state index in [-0.39, 0.29) is 12.2 Å². The minimum Gasteiger partial charge on any atom is -0.393 e. The van der Waals surface area contributed by atoms with Crippen LogP contribution in [0.1, 0.15) is 112 Å². The highest BCUT2D eigenvalue weighted by Crippen LogP contribution is 2.87. The smallest absolute Gasteiger partial charge is 0.0577 e. The predicted octanol–water partition coefficient (Wildman–Crippen LogP) is 6.58. The normalized spacial score (nSPS) is 55.4. The summed E-state index contributed by atoms with van der Waals surface area (Å²) in [6.45, 7) is 12.6. The zero-order valence-corrected chi connectivity index (χ0v) is 20.4. The summed E-state index contributed by atoms with van der Waals surface area (Å²) in [4.78, 5) is 0. The van der Waals surface area contributed by atoms with Crippen molar-refractivity contribution in [3.8, 4) is 0 Å². The van der Waals surface area contributed by atoms with E-state index in [2.05, 4.69) is 34.6 Å². The lowest BCUT2D eigenvalue weighted by Gasteiger charge is -2.62. The second-order valence-corrected chi connectivity index (χ2v) is 13.7. The van der Waals surface area contributed by atoms with E-state index in [0.29, 0.717) is 33.5 Å². The Kier molecular flexibility index (Phi) is 5.04. The Labute approximate surface area is 185 Å². The molecule has 0 aromatic heterocycles. The highest BCUT2D eigenvalue weighted by Gasteiger charge is 2.81. The van der Waals surface area contributed by atoms with Gasteiger partial charge in [-0.3, -0.25) is 0 Å². The van der Waals surface area contributed by atoms with Gasteiger partial charge in [0.1, 0.15) is 0 Å². The summed E-state index contributed by atoms with van der Waals surface area (Å²) >= 11 is 0. The molecule has 10 unspecified atom stereocenters. The van der Waals surface area contributed by atoms with Gasteiger partial charge in [0.05, 0.1) is 12.2 Å². The van der Waals surface area contributed by atoms with Crippen LogP contribution in [0.3, 0.4) is 0 Å². The van der Waals surface area contributed by atoms with Gasteiger partial charge in [-0.25, -0.2) is 0 Å². The molecule has 2 heteroatoms. The predicted molar refractivity (Wildman–Crippen MR) is 123 cm³/mol. The Morgan fingerprint density at radius 3 is 2.33 bits per heavy atom. The number of hydrogen-bond acceptors (Lipinski definition) is 2. The van der Waals surface area contributed by atoms with Crippen LogP contribution >= 0.6 is 0 Å². The maximum atomic E-state index is 11.3. The Morgan fingerprint density at radius 1 is 0.833 bits per heavy atom. The van der Waals surface area contributed by atoms with Gasteiger partial charge >= 0.3 is 0 Å². The second kappa shape index (κ2) is 6.96. The van der Waals surface area contributed by atoms with E-state index in [1.54, 1.807) is 0 Å². The van der Waals surface area contributed by atoms with Crippen molar-refractivity contribution in [3.63, 3.8) is 0 Å². The average molecular weight is 417 g/mol. The molecule has 2 nitrogen and oxygen atoms in total. The van der Waals surface area contributed by atoms with Crippen LogP contribution in [-0.4, -0.2) is 22.4 Å². The summed E-state index contributed by atoms with van der Waals surface area (Å²) in [5, 5.41) is 21.6. The third-order valence-corrected chi connectivity index (χ3v) is 12.4. The first kappa shape index (κ1) is 21.7. The van der Waals surface area contributed by atoms with Gasteiger partial charge in [0.25, 0.3) is 0 Å². The van der Waals surface area contributed by atoms with Gasteiger partial charge in [-0.15, -0.1) is 0 Å². The summed E-state index contributed by atoms with van der Waals surface area (Å²) in [5.41, 5.74) is 1.72. The lowest BCUT2D eigenvalue weighted by Crippen LogP contribution is -2.57. The van der Waals surface area contributed by atoms with E-state index in [4.69, 9.17) is 0 Å². The topological polar surface area (TPSA) is 40.5 Å². The molecule has 0 bridgehead atoms. The van der Waals surface area contributed by atoms with Crippen LogP contribution in [0.5, 0.6) is 0 Å². The lowest BCUT2D eigenvalue weighted by atomic mass is 9.43. The zero-order chi connectivity index (χ0) is 21.5. The molecule has 5 aliphatic rings. The van der Waals surface area contributed by atoms with Crippen molar-refractivity contribution in [2.45, 2.75) is 124 Å². The van der Waals surface area contributed by atoms with Crippen LogP contribution < -0.4 is 0 Å². The minimum atomic E-state index is -0.178. The van der Waals surface area contributed by atoms with Gasteiger partial charge in [-0.1, -0.05) is 53.9 Å². The fourth-order valence-corrected chi connectivity index (χ4v) is 10.6. The summed E-state index contributed by atoms with van der Waals surface area (Å²) in [7, 11) is 0. The van der Waals surface area contributed by atoms with E-state index in [1.165, 1.54) is 57.8 Å². The summed E-state index contributed by atoms with van der Waals surface area (Å²) in [6.07, 6.45) is 14.8. The van der Waals surface area contributed by atoms with Gasteiger partial charge in [0.15, 0.2) is 0 Å². The third kappa shape index (κ3) is 2.68. The van der Waals surface area contributed by atoms with E-state index in [9.17, 15) is 10.2 Å².